The Morgan fingerprint density at radius 1 is 1.25 bits per heavy atom. The summed E-state index contributed by atoms with van der Waals surface area (Å²) in [5.74, 6) is 0.919. The van der Waals surface area contributed by atoms with Crippen LogP contribution in [0.4, 0.5) is 5.82 Å². The van der Waals surface area contributed by atoms with E-state index >= 15 is 0 Å². The van der Waals surface area contributed by atoms with Gasteiger partial charge in [-0.05, 0) is 46.0 Å². The molecule has 6 nitrogen and oxygen atoms in total. The Labute approximate surface area is 170 Å². The van der Waals surface area contributed by atoms with Crippen molar-refractivity contribution in [2.45, 2.75) is 52.7 Å². The van der Waals surface area contributed by atoms with E-state index in [0.717, 1.165) is 71.0 Å². The van der Waals surface area contributed by atoms with E-state index in [1.54, 1.807) is 17.7 Å². The minimum Gasteiger partial charge on any atom is -0.370 e. The molecule has 1 aliphatic rings. The van der Waals surface area contributed by atoms with Gasteiger partial charge in [-0.1, -0.05) is 13.8 Å². The highest BCUT2D eigenvalue weighted by molar-refractivity contribution is 7.25. The third kappa shape index (κ3) is 3.83. The Balaban J connectivity index is 1.59. The number of hydrogen-bond donors (Lipinski definition) is 1. The zero-order chi connectivity index (χ0) is 19.7. The summed E-state index contributed by atoms with van der Waals surface area (Å²) >= 11 is 1.68. The molecule has 0 aliphatic carbocycles. The van der Waals surface area contributed by atoms with Crippen molar-refractivity contribution >= 4 is 37.6 Å². The Kier molecular flexibility index (Phi) is 5.49. The Morgan fingerprint density at radius 2 is 2.07 bits per heavy atom. The lowest BCUT2D eigenvalue weighted by Gasteiger charge is -2.30. The van der Waals surface area contributed by atoms with Crippen LogP contribution >= 0.6 is 11.3 Å². The first-order valence-corrected chi connectivity index (χ1v) is 11.0. The molecule has 150 valence electrons. The van der Waals surface area contributed by atoms with Crippen LogP contribution in [0.15, 0.2) is 12.4 Å². The molecule has 0 atom stereocenters. The Hall–Kier alpha value is -1.83. The highest BCUT2D eigenvalue weighted by Gasteiger charge is 2.28. The molecule has 4 rings (SSSR count). The molecule has 3 aromatic rings. The molecule has 0 bridgehead atoms. The third-order valence-electron chi connectivity index (χ3n) is 5.46. The predicted molar refractivity (Wildman–Crippen MR) is 116 cm³/mol. The fraction of sp³-hybridized carbons (Fsp3) is 0.571. The van der Waals surface area contributed by atoms with Crippen LogP contribution in [-0.2, 0) is 17.8 Å². The van der Waals surface area contributed by atoms with Crippen molar-refractivity contribution in [3.8, 4) is 0 Å². The molecule has 1 aliphatic heterocycles. The molecule has 0 aromatic carbocycles. The standard InChI is InChI=1S/C21H29N5OS/c1-5-26(6-2)9-7-8-22-19-18-17(23-13-24-19)15-10-14-12-27-21(3,4)11-16(14)25-20(15)28-18/h10,13H,5-9,11-12H2,1-4H3,(H,22,23,24). The monoisotopic (exact) mass is 399 g/mol. The van der Waals surface area contributed by atoms with Crippen LogP contribution in [0, 0.1) is 0 Å². The molecule has 1 N–H and O–H groups in total. The average Bonchev–Trinajstić information content (AvgIpc) is 3.04. The Morgan fingerprint density at radius 3 is 2.86 bits per heavy atom. The van der Waals surface area contributed by atoms with Crippen molar-refractivity contribution in [1.82, 2.24) is 19.9 Å². The van der Waals surface area contributed by atoms with Gasteiger partial charge in [0.2, 0.25) is 0 Å². The van der Waals surface area contributed by atoms with Gasteiger partial charge in [-0.15, -0.1) is 11.3 Å². The van der Waals surface area contributed by atoms with Crippen LogP contribution in [-0.4, -0.2) is 51.6 Å². The molecule has 28 heavy (non-hydrogen) atoms. The first kappa shape index (κ1) is 19.5. The summed E-state index contributed by atoms with van der Waals surface area (Å²) in [4.78, 5) is 17.5. The molecule has 0 amide bonds. The maximum Gasteiger partial charge on any atom is 0.147 e. The van der Waals surface area contributed by atoms with Gasteiger partial charge >= 0.3 is 0 Å². The minimum atomic E-state index is -0.151. The van der Waals surface area contributed by atoms with Crippen molar-refractivity contribution in [1.29, 1.82) is 0 Å². The number of aromatic nitrogens is 3. The first-order chi connectivity index (χ1) is 13.5. The number of thiophene rings is 1. The molecule has 4 heterocycles. The van der Waals surface area contributed by atoms with E-state index in [9.17, 15) is 0 Å². The van der Waals surface area contributed by atoms with Gasteiger partial charge < -0.3 is 15.0 Å². The topological polar surface area (TPSA) is 63.2 Å². The molecule has 0 radical (unpaired) electrons. The number of ether oxygens (including phenoxy) is 1. The number of anilines is 1. The number of nitrogens with one attached hydrogen (secondary N) is 1. The summed E-state index contributed by atoms with van der Waals surface area (Å²) in [6, 6.07) is 2.21. The van der Waals surface area contributed by atoms with Crippen molar-refractivity contribution in [2.24, 2.45) is 0 Å². The van der Waals surface area contributed by atoms with E-state index in [-0.39, 0.29) is 5.60 Å². The summed E-state index contributed by atoms with van der Waals surface area (Å²) in [6.07, 6.45) is 3.59. The van der Waals surface area contributed by atoms with E-state index in [0.29, 0.717) is 6.61 Å². The zero-order valence-electron chi connectivity index (χ0n) is 17.2. The van der Waals surface area contributed by atoms with Crippen molar-refractivity contribution in [2.75, 3.05) is 31.5 Å². The van der Waals surface area contributed by atoms with Crippen LogP contribution in [0.3, 0.4) is 0 Å². The molecule has 0 saturated heterocycles. The highest BCUT2D eigenvalue weighted by Crippen LogP contribution is 2.37. The number of nitrogens with zero attached hydrogens (tertiary/aromatic N) is 4. The number of hydrogen-bond acceptors (Lipinski definition) is 7. The largest absolute Gasteiger partial charge is 0.370 e. The second-order valence-electron chi connectivity index (χ2n) is 7.98. The third-order valence-corrected chi connectivity index (χ3v) is 6.56. The summed E-state index contributed by atoms with van der Waals surface area (Å²) in [5.41, 5.74) is 3.17. The fourth-order valence-electron chi connectivity index (χ4n) is 3.76. The second-order valence-corrected chi connectivity index (χ2v) is 8.98. The van der Waals surface area contributed by atoms with Crippen molar-refractivity contribution in [3.05, 3.63) is 23.7 Å². The van der Waals surface area contributed by atoms with Gasteiger partial charge in [-0.3, -0.25) is 0 Å². The molecule has 3 aromatic heterocycles. The van der Waals surface area contributed by atoms with Gasteiger partial charge in [-0.2, -0.15) is 0 Å². The molecule has 0 unspecified atom stereocenters. The summed E-state index contributed by atoms with van der Waals surface area (Å²) in [7, 11) is 0. The van der Waals surface area contributed by atoms with Crippen molar-refractivity contribution < 1.29 is 4.74 Å². The van der Waals surface area contributed by atoms with E-state index < -0.39 is 0 Å². The first-order valence-electron chi connectivity index (χ1n) is 10.2. The summed E-state index contributed by atoms with van der Waals surface area (Å²) in [6.45, 7) is 13.5. The second kappa shape index (κ2) is 7.89. The lowest BCUT2D eigenvalue weighted by Crippen LogP contribution is -2.32. The number of rotatable bonds is 7. The van der Waals surface area contributed by atoms with E-state index in [1.165, 1.54) is 5.56 Å². The van der Waals surface area contributed by atoms with Gasteiger partial charge in [0.15, 0.2) is 0 Å². The molecule has 0 saturated carbocycles. The van der Waals surface area contributed by atoms with Crippen LogP contribution in [0.1, 0.15) is 45.4 Å². The summed E-state index contributed by atoms with van der Waals surface area (Å²) in [5, 5.41) is 4.62. The van der Waals surface area contributed by atoms with Crippen LogP contribution < -0.4 is 5.32 Å². The van der Waals surface area contributed by atoms with E-state index in [2.05, 4.69) is 53.9 Å². The molecular weight excluding hydrogens is 370 g/mol. The lowest BCUT2D eigenvalue weighted by molar-refractivity contribution is -0.0411. The molecule has 7 heteroatoms. The van der Waals surface area contributed by atoms with E-state index in [1.807, 2.05) is 0 Å². The van der Waals surface area contributed by atoms with Gasteiger partial charge in [0, 0.05) is 23.9 Å². The molecule has 0 spiro atoms. The van der Waals surface area contributed by atoms with Gasteiger partial charge in [-0.25, -0.2) is 15.0 Å². The van der Waals surface area contributed by atoms with E-state index in [4.69, 9.17) is 9.72 Å². The minimum absolute atomic E-state index is 0.151. The Bertz CT molecular complexity index is 980. The van der Waals surface area contributed by atoms with Gasteiger partial charge in [0.05, 0.1) is 28.1 Å². The highest BCUT2D eigenvalue weighted by atomic mass is 32.1. The lowest BCUT2D eigenvalue weighted by atomic mass is 9.95. The molecule has 0 fully saturated rings. The number of pyridine rings is 1. The SMILES string of the molecule is CCN(CC)CCCNc1ncnc2c1sc1nc3c(cc12)COC(C)(C)C3. The summed E-state index contributed by atoms with van der Waals surface area (Å²) < 4.78 is 7.06. The quantitative estimate of drug-likeness (QED) is 0.600. The van der Waals surface area contributed by atoms with Crippen LogP contribution in [0.5, 0.6) is 0 Å². The number of fused-ring (bicyclic) bond motifs is 4. The maximum atomic E-state index is 5.97. The normalized spacial score (nSPS) is 16.0. The van der Waals surface area contributed by atoms with Gasteiger partial charge in [0.25, 0.3) is 0 Å². The van der Waals surface area contributed by atoms with Gasteiger partial charge in [0.1, 0.15) is 17.0 Å². The van der Waals surface area contributed by atoms with Crippen LogP contribution in [0.2, 0.25) is 0 Å². The van der Waals surface area contributed by atoms with Crippen molar-refractivity contribution in [3.63, 3.8) is 0 Å². The predicted octanol–water partition coefficient (Wildman–Crippen LogP) is 4.23. The maximum absolute atomic E-state index is 5.97. The molecular formula is C21H29N5OS. The fourth-order valence-corrected chi connectivity index (χ4v) is 4.86. The smallest absolute Gasteiger partial charge is 0.147 e. The average molecular weight is 400 g/mol. The zero-order valence-corrected chi connectivity index (χ0v) is 18.0. The van der Waals surface area contributed by atoms with Crippen LogP contribution in [0.25, 0.3) is 20.4 Å².